The molecule has 0 aromatic heterocycles. The fraction of sp³-hybridized carbons (Fsp3) is 0.571. The van der Waals surface area contributed by atoms with E-state index in [1.165, 1.54) is 25.0 Å². The predicted octanol–water partition coefficient (Wildman–Crippen LogP) is 3.66. The molecule has 0 spiro atoms. The van der Waals surface area contributed by atoms with E-state index in [0.29, 0.717) is 11.8 Å². The monoisotopic (exact) mass is 239 g/mol. The Hall–Kier alpha value is -0.960. The lowest BCUT2D eigenvalue weighted by Crippen LogP contribution is -2.28. The van der Waals surface area contributed by atoms with Crippen molar-refractivity contribution in [3.05, 3.63) is 35.4 Å². The Kier molecular flexibility index (Phi) is 3.77. The van der Waals surface area contributed by atoms with E-state index in [-0.39, 0.29) is 6.04 Å². The van der Waals surface area contributed by atoms with Crippen molar-refractivity contribution in [2.45, 2.75) is 32.7 Å². The molecule has 1 nitrogen and oxygen atoms in total. The van der Waals surface area contributed by atoms with Gasteiger partial charge in [-0.3, -0.25) is 0 Å². The van der Waals surface area contributed by atoms with Gasteiger partial charge in [0.05, 0.1) is 0 Å². The lowest BCUT2D eigenvalue weighted by atomic mass is 9.90. The van der Waals surface area contributed by atoms with Gasteiger partial charge in [-0.25, -0.2) is 8.78 Å². The van der Waals surface area contributed by atoms with Crippen LogP contribution in [0, 0.1) is 23.5 Å². The smallest absolute Gasteiger partial charge is 0.126 e. The van der Waals surface area contributed by atoms with Crippen LogP contribution in [-0.4, -0.2) is 6.54 Å². The summed E-state index contributed by atoms with van der Waals surface area (Å²) in [4.78, 5) is 0. The Balaban J connectivity index is 2.23. The first-order chi connectivity index (χ1) is 8.11. The third-order valence-electron chi connectivity index (χ3n) is 3.56. The van der Waals surface area contributed by atoms with Crippen molar-refractivity contribution in [3.8, 4) is 0 Å². The quantitative estimate of drug-likeness (QED) is 0.826. The number of rotatable bonds is 5. The van der Waals surface area contributed by atoms with Gasteiger partial charge in [-0.05, 0) is 48.9 Å². The van der Waals surface area contributed by atoms with E-state index in [2.05, 4.69) is 12.2 Å². The van der Waals surface area contributed by atoms with Crippen LogP contribution in [0.15, 0.2) is 18.2 Å². The maximum absolute atomic E-state index is 13.2. The average molecular weight is 239 g/mol. The fourth-order valence-electron chi connectivity index (χ4n) is 2.48. The van der Waals surface area contributed by atoms with Crippen molar-refractivity contribution in [3.63, 3.8) is 0 Å². The summed E-state index contributed by atoms with van der Waals surface area (Å²) in [6.07, 6.45) is 2.47. The van der Waals surface area contributed by atoms with Crippen LogP contribution < -0.4 is 5.32 Å². The first-order valence-electron chi connectivity index (χ1n) is 6.31. The largest absolute Gasteiger partial charge is 0.310 e. The molecule has 3 heteroatoms. The summed E-state index contributed by atoms with van der Waals surface area (Å²) >= 11 is 0. The summed E-state index contributed by atoms with van der Waals surface area (Å²) in [5, 5.41) is 3.34. The molecule has 94 valence electrons. The predicted molar refractivity (Wildman–Crippen MR) is 64.7 cm³/mol. The molecule has 0 aliphatic heterocycles. The summed E-state index contributed by atoms with van der Waals surface area (Å²) in [5.41, 5.74) is 0.726. The Morgan fingerprint density at radius 2 is 1.82 bits per heavy atom. The Labute approximate surface area is 101 Å². The molecule has 1 saturated carbocycles. The second-order valence-corrected chi connectivity index (χ2v) is 4.93. The minimum Gasteiger partial charge on any atom is -0.310 e. The number of nitrogens with one attached hydrogen (secondary N) is 1. The molecule has 1 fully saturated rings. The molecule has 1 aliphatic carbocycles. The summed E-state index contributed by atoms with van der Waals surface area (Å²) < 4.78 is 26.5. The van der Waals surface area contributed by atoms with Crippen molar-refractivity contribution in [2.24, 2.45) is 11.8 Å². The topological polar surface area (TPSA) is 12.0 Å². The third kappa shape index (κ3) is 3.03. The van der Waals surface area contributed by atoms with Crippen LogP contribution in [0.2, 0.25) is 0 Å². The van der Waals surface area contributed by atoms with E-state index in [1.54, 1.807) is 0 Å². The maximum Gasteiger partial charge on any atom is 0.126 e. The molecule has 1 N–H and O–H groups in total. The highest BCUT2D eigenvalue weighted by atomic mass is 19.1. The molecule has 17 heavy (non-hydrogen) atoms. The van der Waals surface area contributed by atoms with Crippen LogP contribution in [0.3, 0.4) is 0 Å². The third-order valence-corrected chi connectivity index (χ3v) is 3.56. The first kappa shape index (κ1) is 12.5. The molecular weight excluding hydrogens is 220 g/mol. The Bertz CT molecular complexity index is 368. The van der Waals surface area contributed by atoms with Crippen molar-refractivity contribution < 1.29 is 8.78 Å². The van der Waals surface area contributed by atoms with Gasteiger partial charge in [0.15, 0.2) is 0 Å². The van der Waals surface area contributed by atoms with E-state index in [0.717, 1.165) is 18.2 Å². The zero-order valence-electron chi connectivity index (χ0n) is 10.3. The average Bonchev–Trinajstić information content (AvgIpc) is 3.07. The van der Waals surface area contributed by atoms with Gasteiger partial charge in [0, 0.05) is 12.1 Å². The zero-order valence-corrected chi connectivity index (χ0v) is 10.3. The summed E-state index contributed by atoms with van der Waals surface area (Å²) in [6, 6.07) is 3.86. The van der Waals surface area contributed by atoms with Gasteiger partial charge < -0.3 is 5.32 Å². The lowest BCUT2D eigenvalue weighted by molar-refractivity contribution is 0.353. The Morgan fingerprint density at radius 1 is 1.24 bits per heavy atom. The van der Waals surface area contributed by atoms with E-state index in [9.17, 15) is 8.78 Å². The van der Waals surface area contributed by atoms with Gasteiger partial charge in [-0.15, -0.1) is 0 Å². The van der Waals surface area contributed by atoms with Gasteiger partial charge in [0.2, 0.25) is 0 Å². The number of hydrogen-bond donors (Lipinski definition) is 1. The minimum atomic E-state index is -0.495. The Morgan fingerprint density at radius 3 is 2.29 bits per heavy atom. The van der Waals surface area contributed by atoms with E-state index in [4.69, 9.17) is 0 Å². The van der Waals surface area contributed by atoms with E-state index in [1.807, 2.05) is 6.92 Å². The van der Waals surface area contributed by atoms with Crippen LogP contribution in [0.25, 0.3) is 0 Å². The van der Waals surface area contributed by atoms with Crippen molar-refractivity contribution in [1.29, 1.82) is 0 Å². The molecule has 0 bridgehead atoms. The van der Waals surface area contributed by atoms with Crippen LogP contribution in [0.1, 0.15) is 38.3 Å². The summed E-state index contributed by atoms with van der Waals surface area (Å²) in [6.45, 7) is 4.98. The molecule has 1 aromatic rings. The molecule has 2 unspecified atom stereocenters. The van der Waals surface area contributed by atoms with Crippen molar-refractivity contribution >= 4 is 0 Å². The minimum absolute atomic E-state index is 0.0534. The molecule has 0 amide bonds. The first-order valence-corrected chi connectivity index (χ1v) is 6.31. The number of benzene rings is 1. The summed E-state index contributed by atoms with van der Waals surface area (Å²) in [7, 11) is 0. The molecule has 0 radical (unpaired) electrons. The van der Waals surface area contributed by atoms with Gasteiger partial charge >= 0.3 is 0 Å². The highest BCUT2D eigenvalue weighted by molar-refractivity contribution is 5.22. The fourth-order valence-corrected chi connectivity index (χ4v) is 2.48. The normalized spacial score (nSPS) is 19.1. The molecule has 2 atom stereocenters. The number of halogens is 2. The molecule has 0 heterocycles. The number of hydrogen-bond acceptors (Lipinski definition) is 1. The molecule has 2 rings (SSSR count). The van der Waals surface area contributed by atoms with Gasteiger partial charge in [-0.1, -0.05) is 13.8 Å². The van der Waals surface area contributed by atoms with Gasteiger partial charge in [-0.2, -0.15) is 0 Å². The summed E-state index contributed by atoms with van der Waals surface area (Å²) in [5.74, 6) is 0.137. The van der Waals surface area contributed by atoms with Crippen LogP contribution in [-0.2, 0) is 0 Å². The molecular formula is C14H19F2N. The van der Waals surface area contributed by atoms with Crippen LogP contribution >= 0.6 is 0 Å². The van der Waals surface area contributed by atoms with Crippen LogP contribution in [0.4, 0.5) is 8.78 Å². The second kappa shape index (κ2) is 5.13. The van der Waals surface area contributed by atoms with Crippen molar-refractivity contribution in [2.75, 3.05) is 6.54 Å². The van der Waals surface area contributed by atoms with Gasteiger partial charge in [0.25, 0.3) is 0 Å². The van der Waals surface area contributed by atoms with E-state index < -0.39 is 11.6 Å². The van der Waals surface area contributed by atoms with Crippen LogP contribution in [0.5, 0.6) is 0 Å². The maximum atomic E-state index is 13.2. The second-order valence-electron chi connectivity index (χ2n) is 4.93. The van der Waals surface area contributed by atoms with Crippen molar-refractivity contribution in [1.82, 2.24) is 5.32 Å². The molecule has 0 saturated heterocycles. The highest BCUT2D eigenvalue weighted by Crippen LogP contribution is 2.42. The SMILES string of the molecule is CCNC(c1cc(F)cc(F)c1)C(C)C1CC1. The molecule has 1 aromatic carbocycles. The molecule has 1 aliphatic rings. The zero-order chi connectivity index (χ0) is 12.4. The lowest BCUT2D eigenvalue weighted by Gasteiger charge is -2.25. The van der Waals surface area contributed by atoms with E-state index >= 15 is 0 Å². The van der Waals surface area contributed by atoms with Gasteiger partial charge in [0.1, 0.15) is 11.6 Å². The highest BCUT2D eigenvalue weighted by Gasteiger charge is 2.33. The standard InChI is InChI=1S/C14H19F2N/c1-3-17-14(9(2)10-4-5-10)11-6-12(15)8-13(16)7-11/h6-10,14,17H,3-5H2,1-2H3.